The molecule has 0 spiro atoms. The lowest BCUT2D eigenvalue weighted by Crippen LogP contribution is -2.34. The molecule has 0 saturated heterocycles. The Labute approximate surface area is 217 Å². The summed E-state index contributed by atoms with van der Waals surface area (Å²) in [4.78, 5) is 0. The summed E-state index contributed by atoms with van der Waals surface area (Å²) in [6.45, 7) is 35.8. The Balaban J connectivity index is 0. The van der Waals surface area contributed by atoms with Crippen LogP contribution in [0.5, 0.6) is 0 Å². The van der Waals surface area contributed by atoms with Gasteiger partial charge in [0.2, 0.25) is 0 Å². The lowest BCUT2D eigenvalue weighted by molar-refractivity contribution is 0.290. The zero-order chi connectivity index (χ0) is 28.2. The Morgan fingerprint density at radius 3 is 0.441 bits per heavy atom. The van der Waals surface area contributed by atoms with Crippen LogP contribution >= 0.6 is 15.6 Å². The number of hydrogen-bond donors (Lipinski definition) is 0. The zero-order valence-corrected chi connectivity index (χ0v) is 32.9. The van der Waals surface area contributed by atoms with Crippen molar-refractivity contribution >= 4 is 65.5 Å². The third-order valence-electron chi connectivity index (χ3n) is 2.31. The van der Waals surface area contributed by atoms with Gasteiger partial charge >= 0.3 is 15.6 Å². The largest absolute Gasteiger partial charge is 0.445 e. The maximum absolute atomic E-state index is 12.7. The summed E-state index contributed by atoms with van der Waals surface area (Å²) in [5.41, 5.74) is 0. The van der Waals surface area contributed by atoms with Gasteiger partial charge in [0.15, 0.2) is 49.9 Å². The molecule has 34 heavy (non-hydrogen) atoms. The fraction of sp³-hybridized carbons (Fsp3) is 1.00. The third kappa shape index (κ3) is 25.2. The van der Waals surface area contributed by atoms with Crippen molar-refractivity contribution in [1.29, 1.82) is 0 Å². The molecule has 0 aromatic rings. The van der Waals surface area contributed by atoms with E-state index in [2.05, 4.69) is 0 Å². The molecule has 208 valence electrons. The van der Waals surface area contributed by atoms with Gasteiger partial charge in [-0.3, -0.25) is 0 Å². The van der Waals surface area contributed by atoms with Crippen molar-refractivity contribution in [3.05, 3.63) is 0 Å². The second-order valence-electron chi connectivity index (χ2n) is 14.1. The number of phosphoric acid groups is 2. The molecule has 0 rings (SSSR count). The smallest absolute Gasteiger partial charge is 0.331 e. The van der Waals surface area contributed by atoms with E-state index in [0.29, 0.717) is 0 Å². The monoisotopic (exact) mass is 628 g/mol. The summed E-state index contributed by atoms with van der Waals surface area (Å²) in [6.07, 6.45) is 0. The van der Waals surface area contributed by atoms with Gasteiger partial charge < -0.3 is 25.3 Å². The average Bonchev–Trinajstić information content (AvgIpc) is 2.20. The predicted molar refractivity (Wildman–Crippen MR) is 162 cm³/mol. The maximum atomic E-state index is 12.7. The number of hydrogen-bond acceptors (Lipinski definition) is 8. The van der Waals surface area contributed by atoms with Gasteiger partial charge in [-0.1, -0.05) is 0 Å². The second kappa shape index (κ2) is 12.6. The van der Waals surface area contributed by atoms with Crippen molar-refractivity contribution in [2.45, 2.75) is 118 Å². The highest BCUT2D eigenvalue weighted by Gasteiger charge is 2.42. The molecule has 0 radical (unpaired) electrons. The highest BCUT2D eigenvalue weighted by molar-refractivity contribution is 7.54. The SMILES string of the molecule is C[Si](C)(C)OP(=O)(O[Si](C)(C)C)O[Si](C)(C)C.C[Si](C)(C)OP(=O)(O[Si](C)(C)C)O[Si](C)(C)C. The van der Waals surface area contributed by atoms with E-state index in [9.17, 15) is 9.13 Å². The van der Waals surface area contributed by atoms with Crippen LogP contribution < -0.4 is 0 Å². The van der Waals surface area contributed by atoms with Crippen LogP contribution in [0.4, 0.5) is 0 Å². The van der Waals surface area contributed by atoms with Crippen LogP contribution in [0.3, 0.4) is 0 Å². The summed E-state index contributed by atoms with van der Waals surface area (Å²) in [7, 11) is -18.6. The fourth-order valence-corrected chi connectivity index (χ4v) is 21.1. The summed E-state index contributed by atoms with van der Waals surface area (Å²) >= 11 is 0. The molecule has 0 aliphatic carbocycles. The molecule has 0 unspecified atom stereocenters. The minimum atomic E-state index is -3.40. The molecule has 0 aromatic carbocycles. The first-order valence-corrected chi connectivity index (χ1v) is 35.1. The van der Waals surface area contributed by atoms with E-state index in [1.807, 2.05) is 118 Å². The van der Waals surface area contributed by atoms with Crippen LogP contribution in [0.25, 0.3) is 0 Å². The minimum Gasteiger partial charge on any atom is -0.331 e. The predicted octanol–water partition coefficient (Wildman–Crippen LogP) is 9.30. The van der Waals surface area contributed by atoms with Gasteiger partial charge in [0.1, 0.15) is 0 Å². The molecular weight excluding hydrogens is 575 g/mol. The minimum absolute atomic E-state index is 1.96. The lowest BCUT2D eigenvalue weighted by atomic mass is 11.8. The highest BCUT2D eigenvalue weighted by Crippen LogP contribution is 2.56. The molecule has 0 aliphatic rings. The molecule has 0 N–H and O–H groups in total. The zero-order valence-electron chi connectivity index (χ0n) is 25.2. The van der Waals surface area contributed by atoms with E-state index in [1.165, 1.54) is 0 Å². The Morgan fingerprint density at radius 2 is 0.382 bits per heavy atom. The van der Waals surface area contributed by atoms with Gasteiger partial charge in [-0.15, -0.1) is 0 Å². The van der Waals surface area contributed by atoms with E-state index in [0.717, 1.165) is 0 Å². The van der Waals surface area contributed by atoms with E-state index < -0.39 is 65.5 Å². The normalized spacial score (nSPS) is 15.1. The lowest BCUT2D eigenvalue weighted by Gasteiger charge is -2.33. The molecule has 0 bridgehead atoms. The average molecular weight is 629 g/mol. The Morgan fingerprint density at radius 1 is 0.294 bits per heavy atom. The van der Waals surface area contributed by atoms with Crippen LogP contribution in [-0.4, -0.2) is 49.9 Å². The van der Waals surface area contributed by atoms with Gasteiger partial charge in [-0.2, -0.15) is 0 Å². The van der Waals surface area contributed by atoms with Gasteiger partial charge in [0.25, 0.3) is 0 Å². The van der Waals surface area contributed by atoms with Crippen LogP contribution in [-0.2, 0) is 34.4 Å². The van der Waals surface area contributed by atoms with E-state index in [-0.39, 0.29) is 0 Å². The third-order valence-corrected chi connectivity index (χ3v) is 20.8. The molecule has 0 saturated carbocycles. The Kier molecular flexibility index (Phi) is 13.9. The van der Waals surface area contributed by atoms with E-state index >= 15 is 0 Å². The highest BCUT2D eigenvalue weighted by atomic mass is 31.2. The number of rotatable bonds is 12. The van der Waals surface area contributed by atoms with Crippen LogP contribution in [0.2, 0.25) is 118 Å². The van der Waals surface area contributed by atoms with Gasteiger partial charge in [0.05, 0.1) is 0 Å². The topological polar surface area (TPSA) is 89.5 Å². The van der Waals surface area contributed by atoms with Crippen molar-refractivity contribution < 1.29 is 34.4 Å². The van der Waals surface area contributed by atoms with Crippen molar-refractivity contribution in [1.82, 2.24) is 0 Å². The Bertz CT molecular complexity index is 569. The second-order valence-corrected chi connectivity index (χ2v) is 45.6. The summed E-state index contributed by atoms with van der Waals surface area (Å²) in [5.74, 6) is 0. The molecule has 0 atom stereocenters. The molecule has 16 heteroatoms. The van der Waals surface area contributed by atoms with E-state index in [1.54, 1.807) is 0 Å². The standard InChI is InChI=1S/2C9H27O4PSi3/c2*1-15(2,3)11-14(10,12-16(4,5)6)13-17(7,8)9/h2*1-9H3. The Hall–Kier alpha value is 1.52. The molecule has 0 aliphatic heterocycles. The van der Waals surface area contributed by atoms with Crippen LogP contribution in [0.1, 0.15) is 0 Å². The van der Waals surface area contributed by atoms with Gasteiger partial charge in [-0.25, -0.2) is 9.13 Å². The fourth-order valence-electron chi connectivity index (χ4n) is 2.12. The molecule has 0 amide bonds. The molecular formula is C18H54O8P2Si6. The van der Waals surface area contributed by atoms with Crippen LogP contribution in [0.15, 0.2) is 0 Å². The van der Waals surface area contributed by atoms with Crippen LogP contribution in [0, 0.1) is 0 Å². The van der Waals surface area contributed by atoms with Crippen molar-refractivity contribution in [2.75, 3.05) is 0 Å². The first-order valence-electron chi connectivity index (χ1n) is 11.7. The molecule has 0 fully saturated rings. The summed E-state index contributed by atoms with van der Waals surface area (Å²) in [6, 6.07) is 0. The first-order chi connectivity index (χ1) is 14.2. The van der Waals surface area contributed by atoms with Crippen molar-refractivity contribution in [3.8, 4) is 0 Å². The van der Waals surface area contributed by atoms with Gasteiger partial charge in [-0.05, 0) is 118 Å². The maximum Gasteiger partial charge on any atom is 0.445 e. The van der Waals surface area contributed by atoms with Crippen molar-refractivity contribution in [2.24, 2.45) is 0 Å². The molecule has 8 nitrogen and oxygen atoms in total. The van der Waals surface area contributed by atoms with Gasteiger partial charge in [0, 0.05) is 0 Å². The summed E-state index contributed by atoms with van der Waals surface area (Å²) in [5, 5.41) is 0. The van der Waals surface area contributed by atoms with E-state index in [4.69, 9.17) is 25.3 Å². The first kappa shape index (κ1) is 37.7. The summed E-state index contributed by atoms with van der Waals surface area (Å²) < 4.78 is 59.6. The quantitative estimate of drug-likeness (QED) is 0.156. The molecule has 0 aromatic heterocycles. The van der Waals surface area contributed by atoms with Crippen molar-refractivity contribution in [3.63, 3.8) is 0 Å². The molecule has 0 heterocycles.